The molecular formula is C70H44. The highest BCUT2D eigenvalue weighted by atomic mass is 14.2. The maximum atomic E-state index is 2.35. The lowest BCUT2D eigenvalue weighted by Gasteiger charge is -2.18. The van der Waals surface area contributed by atoms with Gasteiger partial charge in [0.1, 0.15) is 0 Å². The summed E-state index contributed by atoms with van der Waals surface area (Å²) < 4.78 is 0. The van der Waals surface area contributed by atoms with Gasteiger partial charge in [0, 0.05) is 0 Å². The predicted octanol–water partition coefficient (Wildman–Crippen LogP) is 19.8. The molecule has 0 aromatic heterocycles. The number of hydrogen-bond acceptors (Lipinski definition) is 0. The molecular weight excluding hydrogens is 841 g/mol. The fourth-order valence-corrected chi connectivity index (χ4v) is 11.6. The summed E-state index contributed by atoms with van der Waals surface area (Å²) in [5.41, 5.74) is 14.9. The van der Waals surface area contributed by atoms with Crippen LogP contribution in [0.2, 0.25) is 0 Å². The van der Waals surface area contributed by atoms with Crippen LogP contribution in [0, 0.1) is 0 Å². The third kappa shape index (κ3) is 6.45. The summed E-state index contributed by atoms with van der Waals surface area (Å²) in [6.07, 6.45) is 0. The highest BCUT2D eigenvalue weighted by molar-refractivity contribution is 6.23. The fraction of sp³-hybridized carbons (Fsp3) is 0. The van der Waals surface area contributed by atoms with Gasteiger partial charge in [0.05, 0.1) is 0 Å². The third-order valence-electron chi connectivity index (χ3n) is 14.8. The molecule has 0 saturated heterocycles. The van der Waals surface area contributed by atoms with Crippen LogP contribution >= 0.6 is 0 Å². The summed E-state index contributed by atoms with van der Waals surface area (Å²) in [4.78, 5) is 0. The van der Waals surface area contributed by atoms with Gasteiger partial charge in [-0.05, 0) is 154 Å². The lowest BCUT2D eigenvalue weighted by molar-refractivity contribution is 1.62. The Labute approximate surface area is 407 Å². The summed E-state index contributed by atoms with van der Waals surface area (Å²) in [7, 11) is 0. The van der Waals surface area contributed by atoms with Gasteiger partial charge in [0.25, 0.3) is 0 Å². The Bertz CT molecular complexity index is 3980. The Morgan fingerprint density at radius 1 is 0.143 bits per heavy atom. The maximum absolute atomic E-state index is 2.35. The zero-order chi connectivity index (χ0) is 46.1. The van der Waals surface area contributed by atoms with Crippen molar-refractivity contribution in [2.24, 2.45) is 0 Å². The van der Waals surface area contributed by atoms with E-state index in [1.807, 2.05) is 0 Å². The van der Waals surface area contributed by atoms with Gasteiger partial charge in [0.15, 0.2) is 0 Å². The van der Waals surface area contributed by atoms with Gasteiger partial charge in [-0.3, -0.25) is 0 Å². The molecule has 324 valence electrons. The van der Waals surface area contributed by atoms with Crippen LogP contribution in [0.15, 0.2) is 267 Å². The monoisotopic (exact) mass is 884 g/mol. The average Bonchev–Trinajstić information content (AvgIpc) is 3.43. The first-order valence-electron chi connectivity index (χ1n) is 24.3. The van der Waals surface area contributed by atoms with Gasteiger partial charge in [-0.1, -0.05) is 255 Å². The Morgan fingerprint density at radius 3 is 0.714 bits per heavy atom. The van der Waals surface area contributed by atoms with E-state index >= 15 is 0 Å². The predicted molar refractivity (Wildman–Crippen MR) is 302 cm³/mol. The van der Waals surface area contributed by atoms with Crippen LogP contribution in [0.25, 0.3) is 142 Å². The molecule has 0 nitrogen and oxygen atoms in total. The van der Waals surface area contributed by atoms with E-state index in [0.717, 1.165) is 0 Å². The highest BCUT2D eigenvalue weighted by Gasteiger charge is 2.19. The fourth-order valence-electron chi connectivity index (χ4n) is 11.6. The van der Waals surface area contributed by atoms with E-state index in [-0.39, 0.29) is 0 Å². The lowest BCUT2D eigenvalue weighted by Crippen LogP contribution is -1.91. The Morgan fingerprint density at radius 2 is 0.386 bits per heavy atom. The second-order valence-electron chi connectivity index (χ2n) is 18.7. The number of fused-ring (bicyclic) bond motifs is 7. The second-order valence-corrected chi connectivity index (χ2v) is 18.7. The largest absolute Gasteiger partial charge is 0.0616 e. The van der Waals surface area contributed by atoms with Crippen LogP contribution in [-0.4, -0.2) is 0 Å². The molecule has 0 aliphatic carbocycles. The van der Waals surface area contributed by atoms with Crippen LogP contribution in [0.3, 0.4) is 0 Å². The summed E-state index contributed by atoms with van der Waals surface area (Å²) in [6.45, 7) is 0. The smallest absolute Gasteiger partial charge is 0.00262 e. The summed E-state index contributed by atoms with van der Waals surface area (Å²) in [5, 5.41) is 17.6. The number of rotatable bonds is 6. The van der Waals surface area contributed by atoms with Crippen molar-refractivity contribution in [1.29, 1.82) is 0 Å². The van der Waals surface area contributed by atoms with Crippen LogP contribution < -0.4 is 0 Å². The first-order chi connectivity index (χ1) is 34.7. The van der Waals surface area contributed by atoms with Crippen molar-refractivity contribution in [2.45, 2.75) is 0 Å². The van der Waals surface area contributed by atoms with Crippen LogP contribution in [0.4, 0.5) is 0 Å². The van der Waals surface area contributed by atoms with Gasteiger partial charge in [-0.2, -0.15) is 0 Å². The topological polar surface area (TPSA) is 0 Å². The molecule has 0 spiro atoms. The first-order valence-corrected chi connectivity index (χ1v) is 24.3. The molecule has 0 bridgehead atoms. The van der Waals surface area contributed by atoms with Crippen molar-refractivity contribution in [2.75, 3.05) is 0 Å². The minimum absolute atomic E-state index is 1.20. The standard InChI is InChI=1S/C70H44/c1-3-17-51-43-53(41-31-45(51)15-1)69-63-23-9-5-19-59(63)67(60-20-6-10-24-64(60)69)49-37-33-47(34-38-49)55-27-13-30-58-56(28-14-29-57(55)58)48-35-39-50(40-36-48)68-61-21-7-11-25-65(61)70(66-26-12-8-22-62(66)68)54-42-32-46-16-2-4-18-52(46)44-54/h1-44H. The van der Waals surface area contributed by atoms with Gasteiger partial charge in [0.2, 0.25) is 0 Å². The van der Waals surface area contributed by atoms with Crippen molar-refractivity contribution in [1.82, 2.24) is 0 Å². The molecule has 0 heterocycles. The number of benzene rings is 14. The molecule has 14 rings (SSSR count). The summed E-state index contributed by atoms with van der Waals surface area (Å²) >= 11 is 0. The molecule has 0 amide bonds. The third-order valence-corrected chi connectivity index (χ3v) is 14.8. The van der Waals surface area contributed by atoms with Crippen molar-refractivity contribution in [3.8, 4) is 66.8 Å². The molecule has 0 heteroatoms. The molecule has 0 unspecified atom stereocenters. The molecule has 0 aliphatic rings. The van der Waals surface area contributed by atoms with E-state index in [9.17, 15) is 0 Å². The van der Waals surface area contributed by atoms with Gasteiger partial charge < -0.3 is 0 Å². The minimum atomic E-state index is 1.20. The van der Waals surface area contributed by atoms with Crippen LogP contribution in [0.1, 0.15) is 0 Å². The zero-order valence-electron chi connectivity index (χ0n) is 38.4. The van der Waals surface area contributed by atoms with E-state index in [2.05, 4.69) is 267 Å². The van der Waals surface area contributed by atoms with Crippen molar-refractivity contribution >= 4 is 75.4 Å². The molecule has 14 aromatic carbocycles. The van der Waals surface area contributed by atoms with E-state index in [0.29, 0.717) is 0 Å². The molecule has 14 aromatic rings. The number of hydrogen-bond donors (Lipinski definition) is 0. The normalized spacial score (nSPS) is 11.7. The Kier molecular flexibility index (Phi) is 9.32. The van der Waals surface area contributed by atoms with Crippen molar-refractivity contribution < 1.29 is 0 Å². The molecule has 70 heavy (non-hydrogen) atoms. The van der Waals surface area contributed by atoms with Gasteiger partial charge in [-0.25, -0.2) is 0 Å². The molecule has 0 radical (unpaired) electrons. The quantitative estimate of drug-likeness (QED) is 0.146. The molecule has 0 aliphatic heterocycles. The van der Waals surface area contributed by atoms with E-state index in [1.165, 1.54) is 142 Å². The second kappa shape index (κ2) is 16.3. The Balaban J connectivity index is 0.840. The minimum Gasteiger partial charge on any atom is -0.0616 e. The van der Waals surface area contributed by atoms with E-state index < -0.39 is 0 Å². The molecule has 0 N–H and O–H groups in total. The van der Waals surface area contributed by atoms with Crippen LogP contribution in [0.5, 0.6) is 0 Å². The van der Waals surface area contributed by atoms with E-state index in [4.69, 9.17) is 0 Å². The lowest BCUT2D eigenvalue weighted by atomic mass is 9.85. The van der Waals surface area contributed by atoms with Crippen LogP contribution in [-0.2, 0) is 0 Å². The Hall–Kier alpha value is -9.10. The van der Waals surface area contributed by atoms with Gasteiger partial charge in [-0.15, -0.1) is 0 Å². The average molecular weight is 885 g/mol. The molecule has 0 atom stereocenters. The maximum Gasteiger partial charge on any atom is -0.00262 e. The van der Waals surface area contributed by atoms with Crippen molar-refractivity contribution in [3.05, 3.63) is 267 Å². The first kappa shape index (κ1) is 40.0. The van der Waals surface area contributed by atoms with Crippen molar-refractivity contribution in [3.63, 3.8) is 0 Å². The summed E-state index contributed by atoms with van der Waals surface area (Å²) in [6, 6.07) is 98.8. The van der Waals surface area contributed by atoms with Gasteiger partial charge >= 0.3 is 0 Å². The highest BCUT2D eigenvalue weighted by Crippen LogP contribution is 2.47. The van der Waals surface area contributed by atoms with E-state index in [1.54, 1.807) is 0 Å². The SMILES string of the molecule is c1ccc2cc(-c3c4ccccc4c(-c4ccc(-c5cccc6c(-c7ccc(-c8c9ccccc9c(-c9ccc%10ccccc%10c9)c9ccccc89)cc7)cccc56)cc4)c4ccccc34)ccc2c1. The molecule has 0 fully saturated rings. The molecule has 0 saturated carbocycles. The summed E-state index contributed by atoms with van der Waals surface area (Å²) in [5.74, 6) is 0. The zero-order valence-corrected chi connectivity index (χ0v) is 38.4.